The van der Waals surface area contributed by atoms with Crippen LogP contribution in [0.5, 0.6) is 0 Å². The number of sulfonamides is 1. The number of hydrogen-bond acceptors (Lipinski definition) is 4. The second-order valence-electron chi connectivity index (χ2n) is 4.81. The lowest BCUT2D eigenvalue weighted by Gasteiger charge is -2.14. The molecule has 0 radical (unpaired) electrons. The highest BCUT2D eigenvalue weighted by Crippen LogP contribution is 2.28. The van der Waals surface area contributed by atoms with Crippen molar-refractivity contribution in [2.24, 2.45) is 5.92 Å². The molecule has 0 bridgehead atoms. The summed E-state index contributed by atoms with van der Waals surface area (Å²) in [5, 5.41) is 5.13. The molecule has 1 N–H and O–H groups in total. The van der Waals surface area contributed by atoms with Crippen LogP contribution in [0.3, 0.4) is 0 Å². The Bertz CT molecular complexity index is 496. The zero-order chi connectivity index (χ0) is 13.2. The van der Waals surface area contributed by atoms with E-state index in [-0.39, 0.29) is 0 Å². The molecule has 0 aliphatic carbocycles. The summed E-state index contributed by atoms with van der Waals surface area (Å²) in [6, 6.07) is 1.80. The van der Waals surface area contributed by atoms with E-state index in [1.807, 2.05) is 12.3 Å². The van der Waals surface area contributed by atoms with E-state index in [2.05, 4.69) is 12.2 Å². The van der Waals surface area contributed by atoms with E-state index >= 15 is 0 Å². The third kappa shape index (κ3) is 2.93. The van der Waals surface area contributed by atoms with E-state index in [0.717, 1.165) is 25.1 Å². The van der Waals surface area contributed by atoms with Crippen LogP contribution < -0.4 is 5.32 Å². The van der Waals surface area contributed by atoms with Gasteiger partial charge in [-0.15, -0.1) is 11.3 Å². The third-order valence-corrected chi connectivity index (χ3v) is 6.52. The fourth-order valence-corrected chi connectivity index (χ4v) is 5.03. The number of rotatable bonds is 5. The molecule has 1 saturated heterocycles. The van der Waals surface area contributed by atoms with Gasteiger partial charge in [-0.2, -0.15) is 4.31 Å². The van der Waals surface area contributed by atoms with Gasteiger partial charge in [0.15, 0.2) is 0 Å². The Morgan fingerprint density at radius 2 is 2.33 bits per heavy atom. The lowest BCUT2D eigenvalue weighted by Crippen LogP contribution is -2.28. The molecule has 0 aromatic carbocycles. The topological polar surface area (TPSA) is 49.4 Å². The summed E-state index contributed by atoms with van der Waals surface area (Å²) in [5.74, 6) is 0.473. The van der Waals surface area contributed by atoms with E-state index in [0.29, 0.717) is 23.2 Å². The second kappa shape index (κ2) is 5.69. The molecule has 102 valence electrons. The molecular formula is C12H20N2O2S2. The highest BCUT2D eigenvalue weighted by Gasteiger charge is 2.31. The third-order valence-electron chi connectivity index (χ3n) is 3.19. The summed E-state index contributed by atoms with van der Waals surface area (Å²) >= 11 is 1.33. The van der Waals surface area contributed by atoms with Crippen molar-refractivity contribution in [2.75, 3.05) is 19.6 Å². The van der Waals surface area contributed by atoms with Crippen LogP contribution in [0.4, 0.5) is 0 Å². The van der Waals surface area contributed by atoms with Crippen LogP contribution in [0.15, 0.2) is 15.7 Å². The first-order valence-corrected chi connectivity index (χ1v) is 8.64. The van der Waals surface area contributed by atoms with Gasteiger partial charge in [0.1, 0.15) is 4.21 Å². The number of thiophene rings is 1. The summed E-state index contributed by atoms with van der Waals surface area (Å²) < 4.78 is 26.9. The van der Waals surface area contributed by atoms with E-state index in [1.54, 1.807) is 10.4 Å². The number of hydrogen-bond donors (Lipinski definition) is 1. The maximum absolute atomic E-state index is 12.4. The zero-order valence-electron chi connectivity index (χ0n) is 10.8. The van der Waals surface area contributed by atoms with Crippen molar-refractivity contribution >= 4 is 21.4 Å². The molecule has 4 nitrogen and oxygen atoms in total. The van der Waals surface area contributed by atoms with Crippen molar-refractivity contribution in [3.8, 4) is 0 Å². The fourth-order valence-electron chi connectivity index (χ4n) is 2.09. The van der Waals surface area contributed by atoms with Crippen molar-refractivity contribution in [1.29, 1.82) is 0 Å². The van der Waals surface area contributed by atoms with Gasteiger partial charge in [0.2, 0.25) is 0 Å². The molecule has 0 amide bonds. The standard InChI is InChI=1S/C12H20N2O2S2/c1-3-13-7-11-6-12(17-9-11)18(15,16)14-5-4-10(2)8-14/h6,9-10,13H,3-5,7-8H2,1-2H3. The van der Waals surface area contributed by atoms with Gasteiger partial charge in [0.25, 0.3) is 10.0 Å². The molecule has 18 heavy (non-hydrogen) atoms. The van der Waals surface area contributed by atoms with Crippen LogP contribution in [-0.2, 0) is 16.6 Å². The predicted molar refractivity (Wildman–Crippen MR) is 74.2 cm³/mol. The molecule has 1 aliphatic heterocycles. The van der Waals surface area contributed by atoms with Gasteiger partial charge in [-0.25, -0.2) is 8.42 Å². The summed E-state index contributed by atoms with van der Waals surface area (Å²) in [7, 11) is -3.25. The van der Waals surface area contributed by atoms with Crippen LogP contribution >= 0.6 is 11.3 Å². The molecule has 1 aromatic rings. The molecule has 1 aliphatic rings. The van der Waals surface area contributed by atoms with Crippen LogP contribution in [0, 0.1) is 5.92 Å². The van der Waals surface area contributed by atoms with Crippen molar-refractivity contribution in [1.82, 2.24) is 9.62 Å². The Hall–Kier alpha value is -0.430. The average Bonchev–Trinajstić information content (AvgIpc) is 2.95. The quantitative estimate of drug-likeness (QED) is 0.900. The summed E-state index contributed by atoms with van der Waals surface area (Å²) in [5.41, 5.74) is 1.05. The molecule has 2 rings (SSSR count). The van der Waals surface area contributed by atoms with Crippen LogP contribution in [-0.4, -0.2) is 32.4 Å². The van der Waals surface area contributed by atoms with Gasteiger partial charge in [0.05, 0.1) is 0 Å². The second-order valence-corrected chi connectivity index (χ2v) is 7.89. The Morgan fingerprint density at radius 3 is 2.94 bits per heavy atom. The van der Waals surface area contributed by atoms with E-state index in [9.17, 15) is 8.42 Å². The van der Waals surface area contributed by atoms with E-state index in [1.165, 1.54) is 11.3 Å². The molecule has 0 saturated carbocycles. The minimum Gasteiger partial charge on any atom is -0.313 e. The Morgan fingerprint density at radius 1 is 1.56 bits per heavy atom. The zero-order valence-corrected chi connectivity index (χ0v) is 12.5. The molecule has 1 aromatic heterocycles. The average molecular weight is 288 g/mol. The molecule has 6 heteroatoms. The molecule has 1 unspecified atom stereocenters. The Balaban J connectivity index is 2.12. The maximum Gasteiger partial charge on any atom is 0.252 e. The van der Waals surface area contributed by atoms with Crippen molar-refractivity contribution < 1.29 is 8.42 Å². The van der Waals surface area contributed by atoms with E-state index in [4.69, 9.17) is 0 Å². The molecule has 2 heterocycles. The van der Waals surface area contributed by atoms with Crippen LogP contribution in [0.1, 0.15) is 25.8 Å². The smallest absolute Gasteiger partial charge is 0.252 e. The highest BCUT2D eigenvalue weighted by atomic mass is 32.2. The maximum atomic E-state index is 12.4. The van der Waals surface area contributed by atoms with Crippen molar-refractivity contribution in [3.05, 3.63) is 17.0 Å². The van der Waals surface area contributed by atoms with Gasteiger partial charge in [0, 0.05) is 19.6 Å². The predicted octanol–water partition coefficient (Wildman–Crippen LogP) is 1.89. The first kappa shape index (κ1) is 14.0. The van der Waals surface area contributed by atoms with Gasteiger partial charge in [-0.05, 0) is 35.9 Å². The molecule has 1 atom stereocenters. The first-order valence-electron chi connectivity index (χ1n) is 6.32. The van der Waals surface area contributed by atoms with Crippen molar-refractivity contribution in [2.45, 2.75) is 31.0 Å². The molecule has 0 spiro atoms. The van der Waals surface area contributed by atoms with Gasteiger partial charge < -0.3 is 5.32 Å². The van der Waals surface area contributed by atoms with Crippen LogP contribution in [0.2, 0.25) is 0 Å². The Labute approximate surface area is 113 Å². The minimum absolute atomic E-state index is 0.473. The lowest BCUT2D eigenvalue weighted by atomic mass is 10.2. The summed E-state index contributed by atoms with van der Waals surface area (Å²) in [6.45, 7) is 7.07. The molecular weight excluding hydrogens is 268 g/mol. The summed E-state index contributed by atoms with van der Waals surface area (Å²) in [4.78, 5) is 0. The minimum atomic E-state index is -3.25. The fraction of sp³-hybridized carbons (Fsp3) is 0.667. The van der Waals surface area contributed by atoms with Crippen LogP contribution in [0.25, 0.3) is 0 Å². The SMILES string of the molecule is CCNCc1csc(S(=O)(=O)N2CCC(C)C2)c1. The normalized spacial score (nSPS) is 21.6. The summed E-state index contributed by atoms with van der Waals surface area (Å²) in [6.07, 6.45) is 0.967. The highest BCUT2D eigenvalue weighted by molar-refractivity contribution is 7.91. The largest absolute Gasteiger partial charge is 0.313 e. The number of nitrogens with zero attached hydrogens (tertiary/aromatic N) is 1. The van der Waals surface area contributed by atoms with Gasteiger partial charge in [-0.3, -0.25) is 0 Å². The van der Waals surface area contributed by atoms with Gasteiger partial charge in [-0.1, -0.05) is 13.8 Å². The monoisotopic (exact) mass is 288 g/mol. The molecule has 1 fully saturated rings. The Kier molecular flexibility index (Phi) is 4.42. The van der Waals surface area contributed by atoms with Gasteiger partial charge >= 0.3 is 0 Å². The van der Waals surface area contributed by atoms with Crippen molar-refractivity contribution in [3.63, 3.8) is 0 Å². The number of nitrogens with one attached hydrogen (secondary N) is 1. The first-order chi connectivity index (χ1) is 8.54. The van der Waals surface area contributed by atoms with E-state index < -0.39 is 10.0 Å². The lowest BCUT2D eigenvalue weighted by molar-refractivity contribution is 0.466.